The van der Waals surface area contributed by atoms with Crippen LogP contribution in [0, 0.1) is 0 Å². The Bertz CT molecular complexity index is 1220. The summed E-state index contributed by atoms with van der Waals surface area (Å²) in [4.78, 5) is 5.71. The summed E-state index contributed by atoms with van der Waals surface area (Å²) in [5.74, 6) is 0.797. The lowest BCUT2D eigenvalue weighted by Crippen LogP contribution is -2.27. The summed E-state index contributed by atoms with van der Waals surface area (Å²) >= 11 is 7.35. The van der Waals surface area contributed by atoms with Gasteiger partial charge < -0.3 is 9.67 Å². The second-order valence-corrected chi connectivity index (χ2v) is 9.21. The number of aromatic nitrogens is 2. The molecule has 0 spiro atoms. The van der Waals surface area contributed by atoms with E-state index >= 15 is 0 Å². The smallest absolute Gasteiger partial charge is 0.240 e. The average molecular weight is 434 g/mol. The summed E-state index contributed by atoms with van der Waals surface area (Å²) in [5, 5.41) is 12.7. The number of phenolic OH excluding ortho intramolecular Hbond substituents is 1. The van der Waals surface area contributed by atoms with Crippen LogP contribution in [0.2, 0.25) is 5.02 Å². The van der Waals surface area contributed by atoms with E-state index in [1.54, 1.807) is 12.1 Å². The molecule has 144 valence electrons. The molecule has 0 aliphatic carbocycles. The van der Waals surface area contributed by atoms with Gasteiger partial charge in [0.15, 0.2) is 5.82 Å². The van der Waals surface area contributed by atoms with E-state index in [9.17, 15) is 13.5 Å². The highest BCUT2D eigenvalue weighted by Gasteiger charge is 2.18. The summed E-state index contributed by atoms with van der Waals surface area (Å²) in [6.45, 7) is 0.456. The standard InChI is InChI=1S/C19H16ClN3O3S2/c20-13-6-8-14(9-7-13)28(25,26)21-10-11-23-18-15(3-1-4-16(18)24)22-19(23)17-5-2-12-27-17/h1-9,12,21,24H,10-11H2. The first kappa shape index (κ1) is 18.9. The number of halogens is 1. The van der Waals surface area contributed by atoms with Gasteiger partial charge in [-0.3, -0.25) is 0 Å². The van der Waals surface area contributed by atoms with Gasteiger partial charge in [-0.25, -0.2) is 18.1 Å². The van der Waals surface area contributed by atoms with Gasteiger partial charge in [0.2, 0.25) is 10.0 Å². The monoisotopic (exact) mass is 433 g/mol. The van der Waals surface area contributed by atoms with Gasteiger partial charge >= 0.3 is 0 Å². The number of nitrogens with one attached hydrogen (secondary N) is 1. The molecule has 2 N–H and O–H groups in total. The van der Waals surface area contributed by atoms with Gasteiger partial charge in [0.25, 0.3) is 0 Å². The van der Waals surface area contributed by atoms with Crippen LogP contribution in [-0.4, -0.2) is 29.6 Å². The number of imidazole rings is 1. The van der Waals surface area contributed by atoms with Crippen LogP contribution in [0.5, 0.6) is 5.75 Å². The first-order valence-electron chi connectivity index (χ1n) is 8.43. The Morgan fingerprint density at radius 1 is 1.11 bits per heavy atom. The van der Waals surface area contributed by atoms with Crippen LogP contribution in [0.3, 0.4) is 0 Å². The Morgan fingerprint density at radius 2 is 1.89 bits per heavy atom. The Hall–Kier alpha value is -2.39. The number of fused-ring (bicyclic) bond motifs is 1. The predicted octanol–water partition coefficient (Wildman–Crippen LogP) is 4.10. The Balaban J connectivity index is 1.63. The van der Waals surface area contributed by atoms with E-state index in [-0.39, 0.29) is 17.2 Å². The molecule has 2 heterocycles. The minimum absolute atomic E-state index is 0.105. The van der Waals surface area contributed by atoms with Gasteiger partial charge in [-0.15, -0.1) is 11.3 Å². The molecule has 2 aromatic heterocycles. The molecule has 2 aromatic carbocycles. The number of nitrogens with zero attached hydrogens (tertiary/aromatic N) is 2. The van der Waals surface area contributed by atoms with E-state index in [2.05, 4.69) is 9.71 Å². The molecule has 0 atom stereocenters. The van der Waals surface area contributed by atoms with Crippen molar-refractivity contribution >= 4 is 44.0 Å². The highest BCUT2D eigenvalue weighted by Crippen LogP contribution is 2.32. The maximum Gasteiger partial charge on any atom is 0.240 e. The van der Waals surface area contributed by atoms with Crippen LogP contribution in [0.1, 0.15) is 0 Å². The molecule has 0 unspecified atom stereocenters. The third-order valence-corrected chi connectivity index (χ3v) is 6.83. The van der Waals surface area contributed by atoms with Gasteiger partial charge in [0.1, 0.15) is 11.3 Å². The summed E-state index contributed by atoms with van der Waals surface area (Å²) in [6.07, 6.45) is 0. The molecule has 0 amide bonds. The first-order chi connectivity index (χ1) is 13.5. The third-order valence-electron chi connectivity index (χ3n) is 4.24. The van der Waals surface area contributed by atoms with Crippen LogP contribution >= 0.6 is 22.9 Å². The van der Waals surface area contributed by atoms with Crippen LogP contribution in [-0.2, 0) is 16.6 Å². The maximum absolute atomic E-state index is 12.5. The molecule has 9 heteroatoms. The Kier molecular flexibility index (Phi) is 5.11. The fourth-order valence-electron chi connectivity index (χ4n) is 2.97. The summed E-state index contributed by atoms with van der Waals surface area (Å²) in [6, 6.07) is 15.0. The van der Waals surface area contributed by atoms with E-state index in [1.165, 1.54) is 35.6 Å². The van der Waals surface area contributed by atoms with E-state index in [0.29, 0.717) is 28.4 Å². The molecular weight excluding hydrogens is 418 g/mol. The number of aromatic hydroxyl groups is 1. The van der Waals surface area contributed by atoms with Crippen molar-refractivity contribution in [3.05, 3.63) is 65.0 Å². The van der Waals surface area contributed by atoms with Crippen molar-refractivity contribution in [2.24, 2.45) is 0 Å². The highest BCUT2D eigenvalue weighted by atomic mass is 35.5. The largest absolute Gasteiger partial charge is 0.506 e. The SMILES string of the molecule is O=S(=O)(NCCn1c(-c2cccs2)nc2cccc(O)c21)c1ccc(Cl)cc1. The molecule has 6 nitrogen and oxygen atoms in total. The van der Waals surface area contributed by atoms with Crippen LogP contribution in [0.4, 0.5) is 0 Å². The van der Waals surface area contributed by atoms with Crippen LogP contribution < -0.4 is 4.72 Å². The van der Waals surface area contributed by atoms with E-state index in [1.807, 2.05) is 28.1 Å². The molecule has 0 radical (unpaired) electrons. The lowest BCUT2D eigenvalue weighted by molar-refractivity contribution is 0.477. The van der Waals surface area contributed by atoms with Gasteiger partial charge in [0.05, 0.1) is 15.3 Å². The zero-order valence-corrected chi connectivity index (χ0v) is 16.9. The highest BCUT2D eigenvalue weighted by molar-refractivity contribution is 7.89. The second-order valence-electron chi connectivity index (χ2n) is 6.06. The molecule has 28 heavy (non-hydrogen) atoms. The van der Waals surface area contributed by atoms with Crippen molar-refractivity contribution in [3.63, 3.8) is 0 Å². The number of rotatable bonds is 6. The number of hydrogen-bond donors (Lipinski definition) is 2. The minimum Gasteiger partial charge on any atom is -0.506 e. The lowest BCUT2D eigenvalue weighted by atomic mass is 10.3. The molecule has 0 saturated heterocycles. The first-order valence-corrected chi connectivity index (χ1v) is 11.2. The average Bonchev–Trinajstić information content (AvgIpc) is 3.30. The fourth-order valence-corrected chi connectivity index (χ4v) is 4.84. The van der Waals surface area contributed by atoms with Gasteiger partial charge in [0, 0.05) is 18.1 Å². The summed E-state index contributed by atoms with van der Waals surface area (Å²) in [7, 11) is -3.66. The molecule has 0 aliphatic heterocycles. The zero-order chi connectivity index (χ0) is 19.7. The quantitative estimate of drug-likeness (QED) is 0.479. The Morgan fingerprint density at radius 3 is 2.61 bits per heavy atom. The van der Waals surface area contributed by atoms with Gasteiger partial charge in [-0.1, -0.05) is 23.7 Å². The number of para-hydroxylation sites is 1. The normalized spacial score (nSPS) is 11.9. The van der Waals surface area contributed by atoms with Crippen molar-refractivity contribution in [1.82, 2.24) is 14.3 Å². The summed E-state index contributed by atoms with van der Waals surface area (Å²) < 4.78 is 29.4. The van der Waals surface area contributed by atoms with Crippen molar-refractivity contribution in [1.29, 1.82) is 0 Å². The molecule has 0 fully saturated rings. The van der Waals surface area contributed by atoms with Crippen molar-refractivity contribution < 1.29 is 13.5 Å². The molecule has 4 rings (SSSR count). The third kappa shape index (κ3) is 3.64. The molecule has 0 aliphatic rings. The van der Waals surface area contributed by atoms with Crippen LogP contribution in [0.25, 0.3) is 21.7 Å². The van der Waals surface area contributed by atoms with Gasteiger partial charge in [-0.05, 0) is 47.8 Å². The van der Waals surface area contributed by atoms with Gasteiger partial charge in [-0.2, -0.15) is 0 Å². The number of phenols is 1. The van der Waals surface area contributed by atoms with E-state index < -0.39 is 10.0 Å². The number of hydrogen-bond acceptors (Lipinski definition) is 5. The minimum atomic E-state index is -3.66. The molecular formula is C19H16ClN3O3S2. The topological polar surface area (TPSA) is 84.2 Å². The van der Waals surface area contributed by atoms with Crippen molar-refractivity contribution in [2.45, 2.75) is 11.4 Å². The Labute approximate surface area is 171 Å². The molecule has 0 saturated carbocycles. The predicted molar refractivity (Wildman–Crippen MR) is 111 cm³/mol. The van der Waals surface area contributed by atoms with E-state index in [4.69, 9.17) is 11.6 Å². The number of thiophene rings is 1. The summed E-state index contributed by atoms with van der Waals surface area (Å²) in [5.41, 5.74) is 1.24. The second kappa shape index (κ2) is 7.56. The molecule has 0 bridgehead atoms. The molecule has 4 aromatic rings. The van der Waals surface area contributed by atoms with Crippen molar-refractivity contribution in [3.8, 4) is 16.5 Å². The lowest BCUT2D eigenvalue weighted by Gasteiger charge is -2.11. The number of sulfonamides is 1. The van der Waals surface area contributed by atoms with Crippen LogP contribution in [0.15, 0.2) is 64.9 Å². The zero-order valence-electron chi connectivity index (χ0n) is 14.5. The number of benzene rings is 2. The fraction of sp³-hybridized carbons (Fsp3) is 0.105. The van der Waals surface area contributed by atoms with E-state index in [0.717, 1.165) is 4.88 Å². The maximum atomic E-state index is 12.5. The van der Waals surface area contributed by atoms with Crippen molar-refractivity contribution in [2.75, 3.05) is 6.54 Å².